The van der Waals surface area contributed by atoms with Gasteiger partial charge in [0.05, 0.1) is 6.04 Å². The highest BCUT2D eigenvalue weighted by Gasteiger charge is 2.09. The van der Waals surface area contributed by atoms with Gasteiger partial charge in [-0.25, -0.2) is 0 Å². The molecular formula is C11H10INS. The summed E-state index contributed by atoms with van der Waals surface area (Å²) in [5.41, 5.74) is 7.32. The van der Waals surface area contributed by atoms with Gasteiger partial charge in [0.1, 0.15) is 0 Å². The standard InChI is InChI=1S/C11H10INS/c12-9-4-1-3-8(7-9)11(13)10-5-2-6-14-10/h1-7,11H,13H2. The molecule has 2 rings (SSSR count). The van der Waals surface area contributed by atoms with E-state index in [0.717, 1.165) is 0 Å². The molecule has 3 heteroatoms. The number of hydrogen-bond donors (Lipinski definition) is 1. The average molecular weight is 315 g/mol. The van der Waals surface area contributed by atoms with Crippen molar-refractivity contribution in [3.63, 3.8) is 0 Å². The quantitative estimate of drug-likeness (QED) is 0.845. The molecule has 0 aliphatic heterocycles. The smallest absolute Gasteiger partial charge is 0.0646 e. The summed E-state index contributed by atoms with van der Waals surface area (Å²) in [7, 11) is 0. The molecule has 2 aromatic rings. The molecule has 0 saturated carbocycles. The van der Waals surface area contributed by atoms with Gasteiger partial charge in [-0.05, 0) is 51.7 Å². The van der Waals surface area contributed by atoms with Crippen molar-refractivity contribution >= 4 is 33.9 Å². The van der Waals surface area contributed by atoms with Crippen LogP contribution < -0.4 is 5.73 Å². The Morgan fingerprint density at radius 1 is 1.21 bits per heavy atom. The van der Waals surface area contributed by atoms with Crippen molar-refractivity contribution < 1.29 is 0 Å². The van der Waals surface area contributed by atoms with Crippen LogP contribution in [-0.4, -0.2) is 0 Å². The fourth-order valence-corrected chi connectivity index (χ4v) is 2.65. The Morgan fingerprint density at radius 3 is 2.71 bits per heavy atom. The molecule has 1 aromatic heterocycles. The molecule has 72 valence electrons. The molecule has 1 unspecified atom stereocenters. The van der Waals surface area contributed by atoms with Crippen LogP contribution in [0, 0.1) is 3.57 Å². The highest BCUT2D eigenvalue weighted by molar-refractivity contribution is 14.1. The number of thiophene rings is 1. The predicted octanol–water partition coefficient (Wildman–Crippen LogP) is 3.40. The summed E-state index contributed by atoms with van der Waals surface area (Å²) < 4.78 is 1.23. The van der Waals surface area contributed by atoms with Crippen LogP contribution in [0.2, 0.25) is 0 Å². The zero-order valence-corrected chi connectivity index (χ0v) is 10.5. The van der Waals surface area contributed by atoms with Gasteiger partial charge in [0.15, 0.2) is 0 Å². The van der Waals surface area contributed by atoms with Crippen LogP contribution >= 0.6 is 33.9 Å². The highest BCUT2D eigenvalue weighted by atomic mass is 127. The van der Waals surface area contributed by atoms with Crippen LogP contribution in [0.15, 0.2) is 41.8 Å². The SMILES string of the molecule is NC(c1cccc(I)c1)c1cccs1. The molecule has 0 aliphatic rings. The zero-order chi connectivity index (χ0) is 9.97. The Hall–Kier alpha value is -0.390. The molecule has 0 bridgehead atoms. The highest BCUT2D eigenvalue weighted by Crippen LogP contribution is 2.24. The van der Waals surface area contributed by atoms with Gasteiger partial charge in [-0.2, -0.15) is 0 Å². The lowest BCUT2D eigenvalue weighted by Crippen LogP contribution is -2.09. The first-order chi connectivity index (χ1) is 6.77. The molecule has 0 fully saturated rings. The first kappa shape index (κ1) is 10.1. The summed E-state index contributed by atoms with van der Waals surface area (Å²) in [4.78, 5) is 1.21. The second-order valence-corrected chi connectivity index (χ2v) is 5.27. The van der Waals surface area contributed by atoms with E-state index >= 15 is 0 Å². The van der Waals surface area contributed by atoms with E-state index in [1.165, 1.54) is 14.0 Å². The van der Waals surface area contributed by atoms with E-state index in [1.54, 1.807) is 11.3 Å². The summed E-state index contributed by atoms with van der Waals surface area (Å²) in [5.74, 6) is 0. The maximum Gasteiger partial charge on any atom is 0.0646 e. The van der Waals surface area contributed by atoms with E-state index in [9.17, 15) is 0 Å². The van der Waals surface area contributed by atoms with E-state index in [0.29, 0.717) is 0 Å². The first-order valence-electron chi connectivity index (χ1n) is 4.32. The minimum atomic E-state index is 0.0183. The topological polar surface area (TPSA) is 26.0 Å². The fraction of sp³-hybridized carbons (Fsp3) is 0.0909. The molecule has 14 heavy (non-hydrogen) atoms. The van der Waals surface area contributed by atoms with Gasteiger partial charge in [-0.15, -0.1) is 11.3 Å². The fourth-order valence-electron chi connectivity index (χ4n) is 1.33. The van der Waals surface area contributed by atoms with E-state index in [-0.39, 0.29) is 6.04 Å². The molecule has 0 aliphatic carbocycles. The molecule has 1 atom stereocenters. The maximum absolute atomic E-state index is 6.14. The number of rotatable bonds is 2. The van der Waals surface area contributed by atoms with E-state index < -0.39 is 0 Å². The molecule has 1 aromatic carbocycles. The molecule has 0 radical (unpaired) electrons. The van der Waals surface area contributed by atoms with Gasteiger partial charge in [-0.3, -0.25) is 0 Å². The molecule has 1 heterocycles. The maximum atomic E-state index is 6.14. The van der Waals surface area contributed by atoms with Crippen LogP contribution in [0.4, 0.5) is 0 Å². The average Bonchev–Trinajstić information content (AvgIpc) is 2.69. The summed E-state index contributed by atoms with van der Waals surface area (Å²) in [6.07, 6.45) is 0. The lowest BCUT2D eigenvalue weighted by atomic mass is 10.1. The van der Waals surface area contributed by atoms with Gasteiger partial charge >= 0.3 is 0 Å². The third-order valence-electron chi connectivity index (χ3n) is 2.06. The number of hydrogen-bond acceptors (Lipinski definition) is 2. The summed E-state index contributed by atoms with van der Waals surface area (Å²) in [5, 5.41) is 2.06. The monoisotopic (exact) mass is 315 g/mol. The number of benzene rings is 1. The van der Waals surface area contributed by atoms with Crippen molar-refractivity contribution in [3.8, 4) is 0 Å². The van der Waals surface area contributed by atoms with E-state index in [1.807, 2.05) is 12.1 Å². The zero-order valence-electron chi connectivity index (χ0n) is 7.48. The van der Waals surface area contributed by atoms with Crippen molar-refractivity contribution in [2.24, 2.45) is 5.73 Å². The second-order valence-electron chi connectivity index (χ2n) is 3.05. The lowest BCUT2D eigenvalue weighted by Gasteiger charge is -2.09. The van der Waals surface area contributed by atoms with Crippen molar-refractivity contribution in [3.05, 3.63) is 55.8 Å². The molecule has 0 amide bonds. The van der Waals surface area contributed by atoms with Crippen molar-refractivity contribution in [2.45, 2.75) is 6.04 Å². The third kappa shape index (κ3) is 2.16. The number of halogens is 1. The van der Waals surface area contributed by atoms with Gasteiger partial charge in [0.2, 0.25) is 0 Å². The molecular weight excluding hydrogens is 305 g/mol. The van der Waals surface area contributed by atoms with Gasteiger partial charge < -0.3 is 5.73 Å². The Balaban J connectivity index is 2.32. The van der Waals surface area contributed by atoms with Crippen LogP contribution in [0.3, 0.4) is 0 Å². The molecule has 2 N–H and O–H groups in total. The van der Waals surface area contributed by atoms with Crippen molar-refractivity contribution in [1.29, 1.82) is 0 Å². The van der Waals surface area contributed by atoms with Crippen LogP contribution in [0.1, 0.15) is 16.5 Å². The Kier molecular flexibility index (Phi) is 3.20. The Labute approximate surface area is 101 Å². The summed E-state index contributed by atoms with van der Waals surface area (Å²) in [6.45, 7) is 0. The number of nitrogens with two attached hydrogens (primary N) is 1. The van der Waals surface area contributed by atoms with Crippen LogP contribution in [0.25, 0.3) is 0 Å². The van der Waals surface area contributed by atoms with Gasteiger partial charge in [0, 0.05) is 8.45 Å². The summed E-state index contributed by atoms with van der Waals surface area (Å²) >= 11 is 4.01. The first-order valence-corrected chi connectivity index (χ1v) is 6.27. The Bertz CT molecular complexity index is 411. The van der Waals surface area contributed by atoms with Crippen LogP contribution in [0.5, 0.6) is 0 Å². The van der Waals surface area contributed by atoms with Crippen molar-refractivity contribution in [2.75, 3.05) is 0 Å². The van der Waals surface area contributed by atoms with Gasteiger partial charge in [-0.1, -0.05) is 18.2 Å². The largest absolute Gasteiger partial charge is 0.320 e. The third-order valence-corrected chi connectivity index (χ3v) is 3.68. The van der Waals surface area contributed by atoms with Crippen molar-refractivity contribution in [1.82, 2.24) is 0 Å². The summed E-state index contributed by atoms with van der Waals surface area (Å²) in [6, 6.07) is 12.5. The van der Waals surface area contributed by atoms with Gasteiger partial charge in [0.25, 0.3) is 0 Å². The second kappa shape index (κ2) is 4.42. The lowest BCUT2D eigenvalue weighted by molar-refractivity contribution is 0.892. The Morgan fingerprint density at radius 2 is 2.07 bits per heavy atom. The molecule has 0 spiro atoms. The van der Waals surface area contributed by atoms with Crippen LogP contribution in [-0.2, 0) is 0 Å². The predicted molar refractivity (Wildman–Crippen MR) is 69.5 cm³/mol. The van der Waals surface area contributed by atoms with E-state index in [2.05, 4.69) is 52.2 Å². The van der Waals surface area contributed by atoms with E-state index in [4.69, 9.17) is 5.73 Å². The normalized spacial score (nSPS) is 12.7. The minimum absolute atomic E-state index is 0.0183. The minimum Gasteiger partial charge on any atom is -0.320 e. The molecule has 0 saturated heterocycles. The molecule has 1 nitrogen and oxygen atoms in total.